The van der Waals surface area contributed by atoms with Crippen LogP contribution in [0.15, 0.2) is 21.1 Å². The van der Waals surface area contributed by atoms with E-state index in [-0.39, 0.29) is 6.03 Å². The summed E-state index contributed by atoms with van der Waals surface area (Å²) in [5.41, 5.74) is 6.91. The van der Waals surface area contributed by atoms with Crippen LogP contribution in [-0.4, -0.2) is 12.6 Å². The van der Waals surface area contributed by atoms with E-state index in [1.165, 1.54) is 0 Å². The van der Waals surface area contributed by atoms with Crippen LogP contribution >= 0.6 is 31.9 Å². The van der Waals surface area contributed by atoms with Gasteiger partial charge in [-0.15, -0.1) is 0 Å². The Morgan fingerprint density at radius 2 is 1.93 bits per heavy atom. The second kappa shape index (κ2) is 5.37. The van der Waals surface area contributed by atoms with Crippen molar-refractivity contribution in [1.82, 2.24) is 5.32 Å². The predicted molar refractivity (Wildman–Crippen MR) is 68.9 cm³/mol. The van der Waals surface area contributed by atoms with Crippen LogP contribution < -0.4 is 16.4 Å². The van der Waals surface area contributed by atoms with Crippen LogP contribution in [0, 0.1) is 0 Å². The van der Waals surface area contributed by atoms with Gasteiger partial charge < -0.3 is 16.4 Å². The summed E-state index contributed by atoms with van der Waals surface area (Å²) in [5, 5.41) is 5.35. The molecule has 0 atom stereocenters. The number of carbonyl (C=O) groups is 1. The van der Waals surface area contributed by atoms with E-state index >= 15 is 0 Å². The van der Waals surface area contributed by atoms with Gasteiger partial charge in [-0.1, -0.05) is 0 Å². The largest absolute Gasteiger partial charge is 0.399 e. The van der Waals surface area contributed by atoms with E-state index in [9.17, 15) is 4.79 Å². The minimum absolute atomic E-state index is 0.247. The third-order valence-corrected chi connectivity index (χ3v) is 2.89. The summed E-state index contributed by atoms with van der Waals surface area (Å²) < 4.78 is 1.47. The standard InChI is InChI=1S/C9H11Br2N3O/c1-2-13-9(15)14-8-6(10)3-5(12)4-7(8)11/h3-4H,2,12H2,1H3,(H2,13,14,15). The first kappa shape index (κ1) is 12.3. The lowest BCUT2D eigenvalue weighted by molar-refractivity contribution is 0.252. The Kier molecular flexibility index (Phi) is 4.41. The van der Waals surface area contributed by atoms with Crippen LogP contribution in [0.25, 0.3) is 0 Å². The van der Waals surface area contributed by atoms with E-state index in [4.69, 9.17) is 5.73 Å². The molecule has 2 amide bonds. The molecule has 1 rings (SSSR count). The lowest BCUT2D eigenvalue weighted by Crippen LogP contribution is -2.28. The average molecular weight is 337 g/mol. The number of carbonyl (C=O) groups excluding carboxylic acids is 1. The molecule has 4 N–H and O–H groups in total. The zero-order valence-corrected chi connectivity index (χ0v) is 11.3. The SMILES string of the molecule is CCNC(=O)Nc1c(Br)cc(N)cc1Br. The summed E-state index contributed by atoms with van der Waals surface area (Å²) in [4.78, 5) is 11.3. The van der Waals surface area contributed by atoms with Gasteiger partial charge in [0.05, 0.1) is 5.69 Å². The number of nitrogen functional groups attached to an aromatic ring is 1. The van der Waals surface area contributed by atoms with E-state index in [2.05, 4.69) is 42.5 Å². The summed E-state index contributed by atoms with van der Waals surface area (Å²) in [5.74, 6) is 0. The zero-order chi connectivity index (χ0) is 11.4. The van der Waals surface area contributed by atoms with Crippen molar-refractivity contribution < 1.29 is 4.79 Å². The van der Waals surface area contributed by atoms with Crippen LogP contribution in [-0.2, 0) is 0 Å². The van der Waals surface area contributed by atoms with E-state index in [1.807, 2.05) is 6.92 Å². The van der Waals surface area contributed by atoms with E-state index in [1.54, 1.807) is 12.1 Å². The Hall–Kier alpha value is -0.750. The summed E-state index contributed by atoms with van der Waals surface area (Å²) in [6.45, 7) is 2.43. The number of amides is 2. The van der Waals surface area contributed by atoms with Gasteiger partial charge in [0.25, 0.3) is 0 Å². The fraction of sp³-hybridized carbons (Fsp3) is 0.222. The smallest absolute Gasteiger partial charge is 0.319 e. The molecule has 0 aromatic heterocycles. The molecule has 0 saturated heterocycles. The molecule has 0 aliphatic heterocycles. The maximum atomic E-state index is 11.3. The molecule has 0 aliphatic carbocycles. The lowest BCUT2D eigenvalue weighted by Gasteiger charge is -2.10. The number of halogens is 2. The van der Waals surface area contributed by atoms with Crippen LogP contribution in [0.4, 0.5) is 16.2 Å². The minimum Gasteiger partial charge on any atom is -0.399 e. The zero-order valence-electron chi connectivity index (χ0n) is 8.10. The molecule has 0 bridgehead atoms. The number of nitrogens with two attached hydrogens (primary N) is 1. The van der Waals surface area contributed by atoms with Gasteiger partial charge in [0, 0.05) is 21.2 Å². The second-order valence-electron chi connectivity index (χ2n) is 2.84. The normalized spacial score (nSPS) is 9.80. The third kappa shape index (κ3) is 3.39. The van der Waals surface area contributed by atoms with Crippen LogP contribution in [0.5, 0.6) is 0 Å². The molecule has 0 aliphatic rings. The molecular weight excluding hydrogens is 326 g/mol. The maximum absolute atomic E-state index is 11.3. The van der Waals surface area contributed by atoms with Gasteiger partial charge in [-0.3, -0.25) is 0 Å². The van der Waals surface area contributed by atoms with E-state index in [0.717, 1.165) is 8.95 Å². The Balaban J connectivity index is 2.90. The summed E-state index contributed by atoms with van der Waals surface area (Å²) in [6.07, 6.45) is 0. The molecule has 6 heteroatoms. The van der Waals surface area contributed by atoms with Crippen molar-refractivity contribution in [3.05, 3.63) is 21.1 Å². The highest BCUT2D eigenvalue weighted by atomic mass is 79.9. The first-order chi connectivity index (χ1) is 7.04. The quantitative estimate of drug-likeness (QED) is 0.727. The van der Waals surface area contributed by atoms with Crippen molar-refractivity contribution in [2.75, 3.05) is 17.6 Å². The Morgan fingerprint density at radius 3 is 2.40 bits per heavy atom. The molecule has 82 valence electrons. The highest BCUT2D eigenvalue weighted by molar-refractivity contribution is 9.11. The number of anilines is 2. The fourth-order valence-electron chi connectivity index (χ4n) is 1.03. The van der Waals surface area contributed by atoms with Crippen molar-refractivity contribution in [2.45, 2.75) is 6.92 Å². The van der Waals surface area contributed by atoms with Crippen LogP contribution in [0.2, 0.25) is 0 Å². The molecule has 0 fully saturated rings. The molecule has 15 heavy (non-hydrogen) atoms. The molecule has 4 nitrogen and oxygen atoms in total. The summed E-state index contributed by atoms with van der Waals surface area (Å²) >= 11 is 6.65. The Morgan fingerprint density at radius 1 is 1.40 bits per heavy atom. The van der Waals surface area contributed by atoms with Crippen molar-refractivity contribution in [1.29, 1.82) is 0 Å². The topological polar surface area (TPSA) is 67.2 Å². The van der Waals surface area contributed by atoms with Gasteiger partial charge >= 0.3 is 6.03 Å². The van der Waals surface area contributed by atoms with Gasteiger partial charge in [-0.2, -0.15) is 0 Å². The number of benzene rings is 1. The van der Waals surface area contributed by atoms with Crippen LogP contribution in [0.3, 0.4) is 0 Å². The molecule has 0 saturated carbocycles. The van der Waals surface area contributed by atoms with Crippen LogP contribution in [0.1, 0.15) is 6.92 Å². The predicted octanol–water partition coefficient (Wildman–Crippen LogP) is 2.94. The van der Waals surface area contributed by atoms with Gasteiger partial charge in [-0.25, -0.2) is 4.79 Å². The first-order valence-corrected chi connectivity index (χ1v) is 5.92. The highest BCUT2D eigenvalue weighted by Crippen LogP contribution is 2.33. The third-order valence-electron chi connectivity index (χ3n) is 1.64. The monoisotopic (exact) mass is 335 g/mol. The Bertz CT molecular complexity index is 359. The minimum atomic E-state index is -0.247. The van der Waals surface area contributed by atoms with E-state index in [0.29, 0.717) is 17.9 Å². The molecular formula is C9H11Br2N3O. The molecule has 0 heterocycles. The first-order valence-electron chi connectivity index (χ1n) is 4.34. The average Bonchev–Trinajstić information content (AvgIpc) is 2.11. The summed E-state index contributed by atoms with van der Waals surface area (Å²) in [6, 6.07) is 3.21. The molecule has 1 aromatic rings. The number of nitrogens with one attached hydrogen (secondary N) is 2. The maximum Gasteiger partial charge on any atom is 0.319 e. The molecule has 0 radical (unpaired) electrons. The van der Waals surface area contributed by atoms with Gasteiger partial charge in [-0.05, 0) is 50.9 Å². The van der Waals surface area contributed by atoms with Crippen molar-refractivity contribution in [2.24, 2.45) is 0 Å². The number of rotatable bonds is 2. The number of hydrogen-bond donors (Lipinski definition) is 3. The fourth-order valence-corrected chi connectivity index (χ4v) is 2.45. The lowest BCUT2D eigenvalue weighted by atomic mass is 10.3. The number of hydrogen-bond acceptors (Lipinski definition) is 2. The van der Waals surface area contributed by atoms with Crippen molar-refractivity contribution in [3.8, 4) is 0 Å². The van der Waals surface area contributed by atoms with Crippen molar-refractivity contribution >= 4 is 49.3 Å². The summed E-state index contributed by atoms with van der Waals surface area (Å²) in [7, 11) is 0. The molecule has 0 unspecified atom stereocenters. The Labute approximate surface area is 105 Å². The van der Waals surface area contributed by atoms with Gasteiger partial charge in [0.2, 0.25) is 0 Å². The molecule has 1 aromatic carbocycles. The number of urea groups is 1. The van der Waals surface area contributed by atoms with Gasteiger partial charge in [0.1, 0.15) is 0 Å². The van der Waals surface area contributed by atoms with E-state index < -0.39 is 0 Å². The van der Waals surface area contributed by atoms with Crippen molar-refractivity contribution in [3.63, 3.8) is 0 Å². The van der Waals surface area contributed by atoms with Gasteiger partial charge in [0.15, 0.2) is 0 Å². The second-order valence-corrected chi connectivity index (χ2v) is 4.55. The molecule has 0 spiro atoms. The highest BCUT2D eigenvalue weighted by Gasteiger charge is 2.09.